The van der Waals surface area contributed by atoms with Crippen molar-refractivity contribution in [2.24, 2.45) is 0 Å². The first-order chi connectivity index (χ1) is 18.2. The standard InChI is InChI=1S/C30H22F3O3PSe/c1-19(17-20-7-6-10-23(18-20)30(31,32)33)34-37(38)35-26-15-13-21-8-2-4-11-24(21)28(26)29-25-12-5-3-9-22(25)14-16-27(29)36-37/h2-16,18-19H,17H2,1H3. The van der Waals surface area contributed by atoms with E-state index in [0.717, 1.165) is 44.8 Å². The van der Waals surface area contributed by atoms with Crippen LogP contribution in [0.1, 0.15) is 18.1 Å². The first kappa shape index (κ1) is 25.2. The minimum absolute atomic E-state index is 0.259. The summed E-state index contributed by atoms with van der Waals surface area (Å²) in [5.74, 6) is 1.24. The average molecular weight is 597 g/mol. The van der Waals surface area contributed by atoms with E-state index < -0.39 is 24.0 Å². The molecule has 5 aromatic carbocycles. The molecule has 0 amide bonds. The molecule has 1 aliphatic heterocycles. The first-order valence-corrected chi connectivity index (χ1v) is 15.8. The van der Waals surface area contributed by atoms with Crippen LogP contribution >= 0.6 is 6.19 Å². The van der Waals surface area contributed by atoms with Gasteiger partial charge < -0.3 is 0 Å². The third kappa shape index (κ3) is 4.76. The van der Waals surface area contributed by atoms with Crippen LogP contribution < -0.4 is 9.05 Å². The number of alkyl halides is 3. The van der Waals surface area contributed by atoms with Gasteiger partial charge in [0.25, 0.3) is 0 Å². The van der Waals surface area contributed by atoms with Crippen molar-refractivity contribution in [1.82, 2.24) is 0 Å². The summed E-state index contributed by atoms with van der Waals surface area (Å²) in [6.45, 7) is 1.81. The molecule has 3 nitrogen and oxygen atoms in total. The van der Waals surface area contributed by atoms with Gasteiger partial charge in [0.1, 0.15) is 0 Å². The summed E-state index contributed by atoms with van der Waals surface area (Å²) < 4.78 is 59.0. The summed E-state index contributed by atoms with van der Waals surface area (Å²) >= 11 is 3.03. The van der Waals surface area contributed by atoms with E-state index >= 15 is 0 Å². The van der Waals surface area contributed by atoms with Gasteiger partial charge in [-0.3, -0.25) is 0 Å². The third-order valence-electron chi connectivity index (χ3n) is 6.54. The van der Waals surface area contributed by atoms with Gasteiger partial charge in [-0.1, -0.05) is 0 Å². The summed E-state index contributed by atoms with van der Waals surface area (Å²) in [5.41, 5.74) is 1.67. The van der Waals surface area contributed by atoms with E-state index in [0.29, 0.717) is 17.1 Å². The maximum absolute atomic E-state index is 13.2. The number of rotatable bonds is 4. The molecule has 1 atom stereocenters. The van der Waals surface area contributed by atoms with Gasteiger partial charge in [0.2, 0.25) is 0 Å². The number of hydrogen-bond donors (Lipinski definition) is 0. The van der Waals surface area contributed by atoms with Crippen LogP contribution in [0.3, 0.4) is 0 Å². The fourth-order valence-electron chi connectivity index (χ4n) is 4.94. The molecule has 0 fully saturated rings. The Morgan fingerprint density at radius 3 is 1.87 bits per heavy atom. The molecule has 192 valence electrons. The van der Waals surface area contributed by atoms with Crippen molar-refractivity contribution in [2.75, 3.05) is 0 Å². The van der Waals surface area contributed by atoms with Crippen molar-refractivity contribution >= 4 is 42.8 Å². The predicted octanol–water partition coefficient (Wildman–Crippen LogP) is 8.94. The molecule has 6 rings (SSSR count). The Bertz CT molecular complexity index is 1640. The second-order valence-corrected chi connectivity index (χ2v) is 13.6. The number of fused-ring (bicyclic) bond motifs is 7. The zero-order chi connectivity index (χ0) is 26.5. The van der Waals surface area contributed by atoms with Crippen LogP contribution in [0.25, 0.3) is 32.7 Å². The van der Waals surface area contributed by atoms with Gasteiger partial charge in [0.15, 0.2) is 0 Å². The van der Waals surface area contributed by atoms with Crippen LogP contribution in [-0.2, 0) is 17.1 Å². The summed E-state index contributed by atoms with van der Waals surface area (Å²) in [7, 11) is 0. The molecule has 5 aromatic rings. The van der Waals surface area contributed by atoms with Crippen LogP contribution in [0.15, 0.2) is 97.1 Å². The molecular weight excluding hydrogens is 575 g/mol. The van der Waals surface area contributed by atoms with Gasteiger partial charge in [-0.05, 0) is 0 Å². The molecule has 0 aromatic heterocycles. The minimum atomic E-state index is -4.40. The van der Waals surface area contributed by atoms with Crippen molar-refractivity contribution in [3.05, 3.63) is 108 Å². The van der Waals surface area contributed by atoms with E-state index in [-0.39, 0.29) is 6.42 Å². The Labute approximate surface area is 225 Å². The second kappa shape index (κ2) is 9.59. The molecule has 8 heteroatoms. The van der Waals surface area contributed by atoms with Crippen LogP contribution in [-0.4, -0.2) is 21.2 Å². The summed E-state index contributed by atoms with van der Waals surface area (Å²) in [4.78, 5) is 0. The number of benzene rings is 5. The van der Waals surface area contributed by atoms with E-state index in [1.807, 2.05) is 48.5 Å². The van der Waals surface area contributed by atoms with Crippen molar-refractivity contribution in [1.29, 1.82) is 0 Å². The van der Waals surface area contributed by atoms with Gasteiger partial charge in [-0.25, -0.2) is 0 Å². The van der Waals surface area contributed by atoms with Gasteiger partial charge in [-0.2, -0.15) is 0 Å². The Morgan fingerprint density at radius 2 is 1.32 bits per heavy atom. The maximum atomic E-state index is 13.2. The van der Waals surface area contributed by atoms with E-state index in [1.165, 1.54) is 6.07 Å². The summed E-state index contributed by atoms with van der Waals surface area (Å²) in [5, 5.41) is 4.19. The van der Waals surface area contributed by atoms with Crippen LogP contribution in [0.2, 0.25) is 0 Å². The van der Waals surface area contributed by atoms with Crippen molar-refractivity contribution in [3.8, 4) is 22.6 Å². The summed E-state index contributed by atoms with van der Waals surface area (Å²) in [6, 6.07) is 29.4. The fraction of sp³-hybridized carbons (Fsp3) is 0.133. The molecule has 1 aliphatic rings. The predicted molar refractivity (Wildman–Crippen MR) is 147 cm³/mol. The zero-order valence-electron chi connectivity index (χ0n) is 20.2. The SMILES string of the molecule is CC(Cc1cccc(C(F)(F)F)c1)OP1(=[Se])Oc2ccc3ccccc3c2-c2c(ccc3ccccc23)O1. The molecule has 1 unspecified atom stereocenters. The third-order valence-corrected chi connectivity index (χ3v) is 9.48. The zero-order valence-corrected chi connectivity index (χ0v) is 22.8. The summed E-state index contributed by atoms with van der Waals surface area (Å²) in [6.07, 6.45) is -7.74. The monoisotopic (exact) mass is 598 g/mol. The van der Waals surface area contributed by atoms with E-state index in [4.69, 9.17) is 13.6 Å². The molecule has 0 saturated carbocycles. The average Bonchev–Trinajstić information content (AvgIpc) is 3.01. The molecule has 38 heavy (non-hydrogen) atoms. The van der Waals surface area contributed by atoms with Gasteiger partial charge >= 0.3 is 226 Å². The molecule has 0 radical (unpaired) electrons. The molecular formula is C30H22F3O3PSe. The van der Waals surface area contributed by atoms with Gasteiger partial charge in [-0.15, -0.1) is 0 Å². The van der Waals surface area contributed by atoms with Crippen LogP contribution in [0.4, 0.5) is 13.2 Å². The van der Waals surface area contributed by atoms with E-state index in [2.05, 4.69) is 39.4 Å². The van der Waals surface area contributed by atoms with Gasteiger partial charge in [0.05, 0.1) is 0 Å². The van der Waals surface area contributed by atoms with E-state index in [1.54, 1.807) is 13.0 Å². The fourth-order valence-corrected chi connectivity index (χ4v) is 8.30. The quantitative estimate of drug-likeness (QED) is 0.153. The first-order valence-electron chi connectivity index (χ1n) is 12.1. The molecule has 1 heterocycles. The molecule has 0 aliphatic carbocycles. The van der Waals surface area contributed by atoms with Crippen molar-refractivity contribution < 1.29 is 26.7 Å². The molecule has 0 spiro atoms. The van der Waals surface area contributed by atoms with Gasteiger partial charge in [0, 0.05) is 0 Å². The van der Waals surface area contributed by atoms with Crippen molar-refractivity contribution in [3.63, 3.8) is 0 Å². The Kier molecular flexibility index (Phi) is 6.36. The Balaban J connectivity index is 1.42. The number of halogens is 3. The molecule has 0 N–H and O–H groups in total. The topological polar surface area (TPSA) is 27.7 Å². The molecule has 0 saturated heterocycles. The van der Waals surface area contributed by atoms with Crippen molar-refractivity contribution in [2.45, 2.75) is 25.6 Å². The Morgan fingerprint density at radius 1 is 0.763 bits per heavy atom. The van der Waals surface area contributed by atoms with Crippen LogP contribution in [0, 0.1) is 0 Å². The number of hydrogen-bond acceptors (Lipinski definition) is 3. The molecule has 0 bridgehead atoms. The van der Waals surface area contributed by atoms with Crippen LogP contribution in [0.5, 0.6) is 11.5 Å². The normalized spacial score (nSPS) is 15.2. The second-order valence-electron chi connectivity index (χ2n) is 9.27. The van der Waals surface area contributed by atoms with E-state index in [9.17, 15) is 13.2 Å². The Hall–Kier alpha value is -3.08.